The lowest BCUT2D eigenvalue weighted by atomic mass is 9.58. The summed E-state index contributed by atoms with van der Waals surface area (Å²) in [4.78, 5) is 12.3. The van der Waals surface area contributed by atoms with Crippen LogP contribution in [0.1, 0.15) is 34.1 Å². The van der Waals surface area contributed by atoms with Crippen molar-refractivity contribution < 1.29 is 9.53 Å². The van der Waals surface area contributed by atoms with E-state index in [9.17, 15) is 4.79 Å². The van der Waals surface area contributed by atoms with E-state index in [0.717, 1.165) is 12.0 Å². The van der Waals surface area contributed by atoms with Gasteiger partial charge in [-0.15, -0.1) is 0 Å². The van der Waals surface area contributed by atoms with E-state index in [1.807, 2.05) is 26.0 Å². The molecule has 1 saturated heterocycles. The number of Topliss-reactive ketones (excluding diaryl/α,β-unsaturated/α-hetero) is 1. The third-order valence-electron chi connectivity index (χ3n) is 4.17. The summed E-state index contributed by atoms with van der Waals surface area (Å²) in [6.07, 6.45) is 4.94. The van der Waals surface area contributed by atoms with Crippen LogP contribution >= 0.6 is 0 Å². The molecule has 0 N–H and O–H groups in total. The Balaban J connectivity index is 2.34. The first-order chi connectivity index (χ1) is 7.28. The minimum absolute atomic E-state index is 0.0479. The van der Waals surface area contributed by atoms with Gasteiger partial charge in [-0.2, -0.15) is 0 Å². The summed E-state index contributed by atoms with van der Waals surface area (Å²) in [5.74, 6) is 0.228. The Kier molecular flexibility index (Phi) is 2.39. The Morgan fingerprint density at radius 1 is 1.50 bits per heavy atom. The molecule has 1 aliphatic carbocycles. The van der Waals surface area contributed by atoms with Crippen molar-refractivity contribution in [1.82, 2.24) is 0 Å². The molecule has 0 radical (unpaired) electrons. The van der Waals surface area contributed by atoms with Crippen LogP contribution in [-0.2, 0) is 9.53 Å². The first kappa shape index (κ1) is 11.6. The number of ketones is 1. The molecule has 3 atom stereocenters. The molecule has 0 bridgehead atoms. The number of carbonyl (C=O) groups excluding carboxylic acids is 1. The summed E-state index contributed by atoms with van der Waals surface area (Å²) in [7, 11) is 0. The second-order valence-corrected chi connectivity index (χ2v) is 5.93. The molecule has 2 nitrogen and oxygen atoms in total. The fourth-order valence-corrected chi connectivity index (χ4v) is 2.49. The zero-order valence-electron chi connectivity index (χ0n) is 10.5. The van der Waals surface area contributed by atoms with Crippen LogP contribution < -0.4 is 0 Å². The van der Waals surface area contributed by atoms with E-state index in [2.05, 4.69) is 20.4 Å². The Labute approximate surface area is 97.4 Å². The predicted molar refractivity (Wildman–Crippen MR) is 64.1 cm³/mol. The molecule has 2 heteroatoms. The maximum absolute atomic E-state index is 12.3. The molecule has 0 amide bonds. The molecule has 0 unspecified atom stereocenters. The van der Waals surface area contributed by atoms with Gasteiger partial charge in [-0.25, -0.2) is 0 Å². The lowest BCUT2D eigenvalue weighted by Crippen LogP contribution is -2.47. The number of rotatable bonds is 2. The summed E-state index contributed by atoms with van der Waals surface area (Å²) in [6, 6.07) is 0. The Hall–Kier alpha value is -0.890. The van der Waals surface area contributed by atoms with Gasteiger partial charge in [0, 0.05) is 0 Å². The van der Waals surface area contributed by atoms with Crippen molar-refractivity contribution in [2.75, 3.05) is 0 Å². The average molecular weight is 220 g/mol. The summed E-state index contributed by atoms with van der Waals surface area (Å²) in [5, 5.41) is 0. The standard InChI is InChI=1S/C14H20O2/c1-9(2)6-7-14(5)12(15)11-10(16-11)8-13(14,3)4/h6-7,10-11H,1,8H2,2-5H3/b7-6+/t10-,11-,14-/m1/s1. The number of hydrogen-bond acceptors (Lipinski definition) is 2. The van der Waals surface area contributed by atoms with E-state index >= 15 is 0 Å². The Morgan fingerprint density at radius 2 is 2.12 bits per heavy atom. The topological polar surface area (TPSA) is 29.6 Å². The Bertz CT molecular complexity index is 378. The largest absolute Gasteiger partial charge is 0.361 e. The van der Waals surface area contributed by atoms with Gasteiger partial charge in [-0.3, -0.25) is 4.79 Å². The molecule has 88 valence electrons. The van der Waals surface area contributed by atoms with Gasteiger partial charge in [0.25, 0.3) is 0 Å². The molecular formula is C14H20O2. The predicted octanol–water partition coefficient (Wildman–Crippen LogP) is 2.89. The number of carbonyl (C=O) groups is 1. The molecule has 1 saturated carbocycles. The van der Waals surface area contributed by atoms with Gasteiger partial charge in [-0.05, 0) is 25.7 Å². The van der Waals surface area contributed by atoms with Crippen molar-refractivity contribution in [2.45, 2.75) is 46.3 Å². The van der Waals surface area contributed by atoms with E-state index in [4.69, 9.17) is 4.74 Å². The molecule has 2 fully saturated rings. The van der Waals surface area contributed by atoms with E-state index in [1.54, 1.807) is 0 Å². The van der Waals surface area contributed by atoms with Crippen molar-refractivity contribution in [3.05, 3.63) is 24.3 Å². The molecule has 2 aliphatic rings. The van der Waals surface area contributed by atoms with Gasteiger partial charge in [-0.1, -0.05) is 38.2 Å². The van der Waals surface area contributed by atoms with Crippen LogP contribution in [0, 0.1) is 10.8 Å². The monoisotopic (exact) mass is 220 g/mol. The number of fused-ring (bicyclic) bond motifs is 1. The summed E-state index contributed by atoms with van der Waals surface area (Å²) in [6.45, 7) is 12.1. The molecule has 0 aromatic heterocycles. The maximum Gasteiger partial charge on any atom is 0.174 e. The van der Waals surface area contributed by atoms with Gasteiger partial charge >= 0.3 is 0 Å². The third-order valence-corrected chi connectivity index (χ3v) is 4.17. The number of allylic oxidation sites excluding steroid dienone is 3. The second-order valence-electron chi connectivity index (χ2n) is 5.93. The lowest BCUT2D eigenvalue weighted by Gasteiger charge is -2.43. The van der Waals surface area contributed by atoms with Crippen molar-refractivity contribution in [1.29, 1.82) is 0 Å². The van der Waals surface area contributed by atoms with Crippen LogP contribution in [0.3, 0.4) is 0 Å². The fourth-order valence-electron chi connectivity index (χ4n) is 2.49. The zero-order valence-corrected chi connectivity index (χ0v) is 10.5. The molecule has 0 aromatic carbocycles. The molecular weight excluding hydrogens is 200 g/mol. The first-order valence-corrected chi connectivity index (χ1v) is 5.82. The van der Waals surface area contributed by atoms with Crippen LogP contribution in [-0.4, -0.2) is 18.0 Å². The van der Waals surface area contributed by atoms with Crippen molar-refractivity contribution in [3.8, 4) is 0 Å². The molecule has 2 rings (SSSR count). The zero-order chi connectivity index (χ0) is 12.1. The highest BCUT2D eigenvalue weighted by atomic mass is 16.6. The van der Waals surface area contributed by atoms with Gasteiger partial charge in [0.2, 0.25) is 0 Å². The third kappa shape index (κ3) is 1.56. The van der Waals surface area contributed by atoms with E-state index in [-0.39, 0.29) is 23.4 Å². The van der Waals surface area contributed by atoms with Gasteiger partial charge in [0.1, 0.15) is 6.10 Å². The van der Waals surface area contributed by atoms with Crippen molar-refractivity contribution in [2.24, 2.45) is 10.8 Å². The second kappa shape index (κ2) is 3.30. The highest BCUT2D eigenvalue weighted by Gasteiger charge is 2.62. The SMILES string of the molecule is C=C(C)/C=C/[C@]1(C)C(=O)[C@@H]2O[C@@H]2CC1(C)C. The minimum atomic E-state index is -0.427. The number of hydrogen-bond donors (Lipinski definition) is 0. The lowest BCUT2D eigenvalue weighted by molar-refractivity contribution is -0.133. The average Bonchev–Trinajstić information content (AvgIpc) is 2.89. The quantitative estimate of drug-likeness (QED) is 0.529. The van der Waals surface area contributed by atoms with Crippen LogP contribution in [0.4, 0.5) is 0 Å². The minimum Gasteiger partial charge on any atom is -0.361 e. The van der Waals surface area contributed by atoms with Gasteiger partial charge in [0.15, 0.2) is 5.78 Å². The maximum atomic E-state index is 12.3. The van der Waals surface area contributed by atoms with Crippen molar-refractivity contribution in [3.63, 3.8) is 0 Å². The van der Waals surface area contributed by atoms with Crippen LogP contribution in [0.5, 0.6) is 0 Å². The fraction of sp³-hybridized carbons (Fsp3) is 0.643. The normalized spacial score (nSPS) is 40.9. The van der Waals surface area contributed by atoms with E-state index in [1.165, 1.54) is 0 Å². The van der Waals surface area contributed by atoms with Crippen LogP contribution in [0.25, 0.3) is 0 Å². The highest BCUT2D eigenvalue weighted by Crippen LogP contribution is 2.55. The number of epoxide rings is 1. The molecule has 1 heterocycles. The molecule has 1 aliphatic heterocycles. The molecule has 16 heavy (non-hydrogen) atoms. The van der Waals surface area contributed by atoms with Crippen LogP contribution in [0.2, 0.25) is 0 Å². The smallest absolute Gasteiger partial charge is 0.174 e. The van der Waals surface area contributed by atoms with E-state index < -0.39 is 5.41 Å². The highest BCUT2D eigenvalue weighted by molar-refractivity contribution is 5.94. The van der Waals surface area contributed by atoms with Crippen LogP contribution in [0.15, 0.2) is 24.3 Å². The molecule has 0 spiro atoms. The van der Waals surface area contributed by atoms with Gasteiger partial charge in [0.05, 0.1) is 11.5 Å². The summed E-state index contributed by atoms with van der Waals surface area (Å²) >= 11 is 0. The summed E-state index contributed by atoms with van der Waals surface area (Å²) in [5.41, 5.74) is 0.501. The first-order valence-electron chi connectivity index (χ1n) is 5.82. The summed E-state index contributed by atoms with van der Waals surface area (Å²) < 4.78 is 5.42. The van der Waals surface area contributed by atoms with Gasteiger partial charge < -0.3 is 4.74 Å². The number of ether oxygens (including phenoxy) is 1. The molecule has 0 aromatic rings. The van der Waals surface area contributed by atoms with E-state index in [0.29, 0.717) is 0 Å². The van der Waals surface area contributed by atoms with Crippen molar-refractivity contribution >= 4 is 5.78 Å². The Morgan fingerprint density at radius 3 is 2.69 bits per heavy atom.